The molecule has 1 aliphatic heterocycles. The molecule has 0 amide bonds. The number of carbonyl (C=O) groups is 1. The lowest BCUT2D eigenvalue weighted by Gasteiger charge is -2.01. The molecular formula is C11H11NO2. The van der Waals surface area contributed by atoms with Crippen LogP contribution in [-0.4, -0.2) is 5.97 Å². The maximum atomic E-state index is 11.4. The zero-order valence-electron chi connectivity index (χ0n) is 7.64. The minimum atomic E-state index is -0.190. The molecule has 0 aliphatic carbocycles. The van der Waals surface area contributed by atoms with Crippen LogP contribution in [0.5, 0.6) is 5.75 Å². The van der Waals surface area contributed by atoms with Gasteiger partial charge in [0.1, 0.15) is 5.75 Å². The van der Waals surface area contributed by atoms with E-state index in [2.05, 4.69) is 0 Å². The first kappa shape index (κ1) is 8.81. The van der Waals surface area contributed by atoms with Gasteiger partial charge in [0.15, 0.2) is 0 Å². The molecule has 1 atom stereocenters. The van der Waals surface area contributed by atoms with Crippen molar-refractivity contribution >= 4 is 5.97 Å². The number of hydrogen-bond acceptors (Lipinski definition) is 3. The topological polar surface area (TPSA) is 52.3 Å². The van der Waals surface area contributed by atoms with Crippen molar-refractivity contribution in [2.45, 2.75) is 12.3 Å². The van der Waals surface area contributed by atoms with Crippen LogP contribution in [0.3, 0.4) is 0 Å². The molecular weight excluding hydrogens is 178 g/mol. The van der Waals surface area contributed by atoms with Gasteiger partial charge >= 0.3 is 5.97 Å². The molecule has 0 aromatic heterocycles. The number of nitrogens with two attached hydrogens (primary N) is 1. The molecule has 0 saturated heterocycles. The van der Waals surface area contributed by atoms with Crippen molar-refractivity contribution in [1.82, 2.24) is 0 Å². The largest absolute Gasteiger partial charge is 0.426 e. The summed E-state index contributed by atoms with van der Waals surface area (Å²) in [6.45, 7) is 0. The van der Waals surface area contributed by atoms with Crippen molar-refractivity contribution in [2.75, 3.05) is 0 Å². The summed E-state index contributed by atoms with van der Waals surface area (Å²) in [5, 5.41) is 0. The van der Waals surface area contributed by atoms with Gasteiger partial charge in [-0.1, -0.05) is 24.3 Å². The van der Waals surface area contributed by atoms with Gasteiger partial charge in [0.2, 0.25) is 0 Å². The highest BCUT2D eigenvalue weighted by Gasteiger charge is 2.31. The van der Waals surface area contributed by atoms with Gasteiger partial charge < -0.3 is 10.5 Å². The van der Waals surface area contributed by atoms with Gasteiger partial charge in [0.25, 0.3) is 0 Å². The summed E-state index contributed by atoms with van der Waals surface area (Å²) >= 11 is 0. The normalized spacial score (nSPS) is 19.7. The number of esters is 1. The molecule has 3 heteroatoms. The van der Waals surface area contributed by atoms with Crippen LogP contribution in [0.15, 0.2) is 36.5 Å². The second kappa shape index (κ2) is 3.54. The average molecular weight is 189 g/mol. The van der Waals surface area contributed by atoms with Crippen molar-refractivity contribution in [3.8, 4) is 5.75 Å². The molecule has 3 nitrogen and oxygen atoms in total. The maximum Gasteiger partial charge on any atom is 0.319 e. The van der Waals surface area contributed by atoms with Gasteiger partial charge in [-0.3, -0.25) is 4.79 Å². The standard InChI is InChI=1S/C11H11NO2/c12-7-3-5-9-8-4-1-2-6-10(8)14-11(9)13/h1-4,6-7,9H,5,12H2. The second-order valence-electron chi connectivity index (χ2n) is 3.18. The minimum absolute atomic E-state index is 0.189. The highest BCUT2D eigenvalue weighted by atomic mass is 16.5. The van der Waals surface area contributed by atoms with Crippen LogP contribution in [-0.2, 0) is 4.79 Å². The van der Waals surface area contributed by atoms with Gasteiger partial charge in [-0.25, -0.2) is 0 Å². The highest BCUT2D eigenvalue weighted by molar-refractivity contribution is 5.86. The molecule has 0 saturated carbocycles. The molecule has 1 heterocycles. The number of hydrogen-bond donors (Lipinski definition) is 1. The van der Waals surface area contributed by atoms with E-state index in [1.165, 1.54) is 6.20 Å². The van der Waals surface area contributed by atoms with Crippen molar-refractivity contribution in [2.24, 2.45) is 5.73 Å². The Morgan fingerprint density at radius 3 is 3.00 bits per heavy atom. The van der Waals surface area contributed by atoms with Gasteiger partial charge in [-0.05, 0) is 18.7 Å². The summed E-state index contributed by atoms with van der Waals surface area (Å²) in [6.07, 6.45) is 3.83. The maximum absolute atomic E-state index is 11.4. The lowest BCUT2D eigenvalue weighted by atomic mass is 9.97. The molecule has 0 spiro atoms. The van der Waals surface area contributed by atoms with Crippen molar-refractivity contribution in [3.63, 3.8) is 0 Å². The molecule has 2 rings (SSSR count). The van der Waals surface area contributed by atoms with E-state index in [1.54, 1.807) is 12.1 Å². The number of benzene rings is 1. The number of carbonyl (C=O) groups excluding carboxylic acids is 1. The van der Waals surface area contributed by atoms with Crippen LogP contribution < -0.4 is 10.5 Å². The number of allylic oxidation sites excluding steroid dienone is 1. The van der Waals surface area contributed by atoms with Crippen LogP contribution in [0.4, 0.5) is 0 Å². The van der Waals surface area contributed by atoms with E-state index in [-0.39, 0.29) is 11.9 Å². The highest BCUT2D eigenvalue weighted by Crippen LogP contribution is 2.36. The van der Waals surface area contributed by atoms with E-state index in [4.69, 9.17) is 10.5 Å². The molecule has 1 aliphatic rings. The molecule has 1 aromatic rings. The van der Waals surface area contributed by atoms with E-state index in [0.717, 1.165) is 5.56 Å². The van der Waals surface area contributed by atoms with Crippen molar-refractivity contribution in [3.05, 3.63) is 42.1 Å². The molecule has 0 bridgehead atoms. The van der Waals surface area contributed by atoms with E-state index in [0.29, 0.717) is 12.2 Å². The Bertz CT molecular complexity index is 385. The molecule has 0 fully saturated rings. The smallest absolute Gasteiger partial charge is 0.319 e. The summed E-state index contributed by atoms with van der Waals surface area (Å²) in [4.78, 5) is 11.4. The predicted molar refractivity (Wildman–Crippen MR) is 52.8 cm³/mol. The van der Waals surface area contributed by atoms with Crippen molar-refractivity contribution in [1.29, 1.82) is 0 Å². The van der Waals surface area contributed by atoms with Crippen molar-refractivity contribution < 1.29 is 9.53 Å². The monoisotopic (exact) mass is 189 g/mol. The summed E-state index contributed by atoms with van der Waals surface area (Å²) in [7, 11) is 0. The molecule has 1 unspecified atom stereocenters. The number of para-hydroxylation sites is 1. The number of rotatable bonds is 2. The molecule has 72 valence electrons. The summed E-state index contributed by atoms with van der Waals surface area (Å²) in [5.41, 5.74) is 6.19. The summed E-state index contributed by atoms with van der Waals surface area (Å²) < 4.78 is 5.10. The van der Waals surface area contributed by atoms with E-state index in [9.17, 15) is 4.79 Å². The molecule has 14 heavy (non-hydrogen) atoms. The Labute approximate surface area is 82.2 Å². The third kappa shape index (κ3) is 1.37. The average Bonchev–Trinajstić information content (AvgIpc) is 2.51. The van der Waals surface area contributed by atoms with Gasteiger partial charge in [-0.2, -0.15) is 0 Å². The van der Waals surface area contributed by atoms with E-state index in [1.807, 2.05) is 18.2 Å². The zero-order chi connectivity index (χ0) is 9.97. The Morgan fingerprint density at radius 1 is 1.43 bits per heavy atom. The Morgan fingerprint density at radius 2 is 2.21 bits per heavy atom. The molecule has 0 radical (unpaired) electrons. The predicted octanol–water partition coefficient (Wildman–Crippen LogP) is 1.55. The van der Waals surface area contributed by atoms with Crippen LogP contribution >= 0.6 is 0 Å². The number of ether oxygens (including phenoxy) is 1. The number of fused-ring (bicyclic) bond motifs is 1. The first-order chi connectivity index (χ1) is 6.83. The Balaban J connectivity index is 2.30. The second-order valence-corrected chi connectivity index (χ2v) is 3.18. The summed E-state index contributed by atoms with van der Waals surface area (Å²) in [6, 6.07) is 7.47. The first-order valence-corrected chi connectivity index (χ1v) is 4.50. The van der Waals surface area contributed by atoms with Crippen LogP contribution in [0.1, 0.15) is 17.9 Å². The van der Waals surface area contributed by atoms with Gasteiger partial charge in [0.05, 0.1) is 5.92 Å². The third-order valence-corrected chi connectivity index (χ3v) is 2.30. The zero-order valence-corrected chi connectivity index (χ0v) is 7.64. The molecule has 1 aromatic carbocycles. The molecule has 2 N–H and O–H groups in total. The van der Waals surface area contributed by atoms with E-state index < -0.39 is 0 Å². The lowest BCUT2D eigenvalue weighted by molar-refractivity contribution is -0.134. The van der Waals surface area contributed by atoms with Crippen LogP contribution in [0.2, 0.25) is 0 Å². The van der Waals surface area contributed by atoms with E-state index >= 15 is 0 Å². The lowest BCUT2D eigenvalue weighted by Crippen LogP contribution is -2.09. The van der Waals surface area contributed by atoms with Crippen LogP contribution in [0.25, 0.3) is 0 Å². The minimum Gasteiger partial charge on any atom is -0.426 e. The third-order valence-electron chi connectivity index (χ3n) is 2.30. The summed E-state index contributed by atoms with van der Waals surface area (Å²) in [5.74, 6) is 0.295. The SMILES string of the molecule is NC=CCC1C(=O)Oc2ccccc21. The van der Waals surface area contributed by atoms with Crippen LogP contribution in [0, 0.1) is 0 Å². The van der Waals surface area contributed by atoms with Gasteiger partial charge in [0, 0.05) is 5.56 Å². The Kier molecular flexibility index (Phi) is 2.23. The fourth-order valence-electron chi connectivity index (χ4n) is 1.61. The van der Waals surface area contributed by atoms with Gasteiger partial charge in [-0.15, -0.1) is 0 Å². The quantitative estimate of drug-likeness (QED) is 0.567. The Hall–Kier alpha value is -1.77. The first-order valence-electron chi connectivity index (χ1n) is 4.50. The fraction of sp³-hybridized carbons (Fsp3) is 0.182. The fourth-order valence-corrected chi connectivity index (χ4v) is 1.61.